The summed E-state index contributed by atoms with van der Waals surface area (Å²) in [5.74, 6) is -0.114. The number of nitrogens with zero attached hydrogens (tertiary/aromatic N) is 1. The summed E-state index contributed by atoms with van der Waals surface area (Å²) in [6, 6.07) is 0.294. The van der Waals surface area contributed by atoms with Crippen LogP contribution in [0.2, 0.25) is 0 Å². The molecule has 0 radical (unpaired) electrons. The molecule has 94 valence electrons. The molecule has 0 aliphatic carbocycles. The summed E-state index contributed by atoms with van der Waals surface area (Å²) in [6.07, 6.45) is 2.72. The fraction of sp³-hybridized carbons (Fsp3) is 0.917. The van der Waals surface area contributed by atoms with Crippen molar-refractivity contribution in [3.05, 3.63) is 0 Å². The zero-order valence-electron chi connectivity index (χ0n) is 10.9. The zero-order chi connectivity index (χ0) is 12.2. The fourth-order valence-electron chi connectivity index (χ4n) is 2.42. The predicted molar refractivity (Wildman–Crippen MR) is 64.4 cm³/mol. The fourth-order valence-corrected chi connectivity index (χ4v) is 2.42. The van der Waals surface area contributed by atoms with Crippen LogP contribution in [0.1, 0.15) is 33.1 Å². The van der Waals surface area contributed by atoms with Crippen LogP contribution in [0, 0.1) is 0 Å². The van der Waals surface area contributed by atoms with E-state index in [1.807, 2.05) is 0 Å². The Bertz CT molecular complexity index is 243. The summed E-state index contributed by atoms with van der Waals surface area (Å²) in [6.45, 7) is 6.13. The molecule has 1 N–H and O–H groups in total. The van der Waals surface area contributed by atoms with Crippen LogP contribution in [-0.4, -0.2) is 49.7 Å². The summed E-state index contributed by atoms with van der Waals surface area (Å²) in [5, 5.41) is 3.41. The molecule has 0 aromatic heterocycles. The van der Waals surface area contributed by atoms with Crippen molar-refractivity contribution in [2.45, 2.75) is 44.7 Å². The lowest BCUT2D eigenvalue weighted by molar-refractivity contribution is -0.149. The highest BCUT2D eigenvalue weighted by Crippen LogP contribution is 2.24. The largest absolute Gasteiger partial charge is 0.468 e. The first-order valence-corrected chi connectivity index (χ1v) is 6.05. The highest BCUT2D eigenvalue weighted by atomic mass is 16.5. The Balaban J connectivity index is 2.80. The summed E-state index contributed by atoms with van der Waals surface area (Å²) < 4.78 is 4.96. The topological polar surface area (TPSA) is 41.6 Å². The number of hydrogen-bond donors (Lipinski definition) is 1. The first kappa shape index (κ1) is 13.5. The Labute approximate surface area is 98.3 Å². The highest BCUT2D eigenvalue weighted by Gasteiger charge is 2.40. The second-order valence-electron chi connectivity index (χ2n) is 5.03. The molecule has 1 heterocycles. The molecule has 0 aromatic rings. The third kappa shape index (κ3) is 3.19. The Morgan fingerprint density at radius 3 is 2.62 bits per heavy atom. The highest BCUT2D eigenvalue weighted by molar-refractivity contribution is 5.80. The Morgan fingerprint density at radius 1 is 1.38 bits per heavy atom. The van der Waals surface area contributed by atoms with Gasteiger partial charge < -0.3 is 9.64 Å². The van der Waals surface area contributed by atoms with Crippen LogP contribution in [0.3, 0.4) is 0 Å². The van der Waals surface area contributed by atoms with Gasteiger partial charge in [-0.2, -0.15) is 0 Å². The Hall–Kier alpha value is -0.610. The van der Waals surface area contributed by atoms with Crippen molar-refractivity contribution in [3.63, 3.8) is 0 Å². The summed E-state index contributed by atoms with van der Waals surface area (Å²) in [7, 11) is 3.57. The zero-order valence-corrected chi connectivity index (χ0v) is 10.9. The number of nitrogens with one attached hydrogen (secondary N) is 1. The average molecular weight is 228 g/mol. The number of carbonyl (C=O) groups excluding carboxylic acids is 1. The molecule has 4 nitrogen and oxygen atoms in total. The lowest BCUT2D eigenvalue weighted by Gasteiger charge is -2.33. The molecule has 4 heteroatoms. The van der Waals surface area contributed by atoms with Gasteiger partial charge in [0.2, 0.25) is 0 Å². The standard InChI is InChI=1S/C12H24N2O2/c1-10(2)13-12(11(15)16-4)6-5-8-14(3)9-7-12/h10,13H,5-9H2,1-4H3. The first-order valence-electron chi connectivity index (χ1n) is 6.05. The van der Waals surface area contributed by atoms with Gasteiger partial charge in [-0.05, 0) is 46.7 Å². The number of rotatable bonds is 3. The normalized spacial score (nSPS) is 27.8. The molecule has 0 spiro atoms. The second-order valence-corrected chi connectivity index (χ2v) is 5.03. The van der Waals surface area contributed by atoms with E-state index in [0.717, 1.165) is 32.4 Å². The monoisotopic (exact) mass is 228 g/mol. The van der Waals surface area contributed by atoms with Crippen LogP contribution in [0.4, 0.5) is 0 Å². The number of carbonyl (C=O) groups is 1. The van der Waals surface area contributed by atoms with E-state index >= 15 is 0 Å². The van der Waals surface area contributed by atoms with E-state index in [2.05, 4.69) is 31.1 Å². The minimum Gasteiger partial charge on any atom is -0.468 e. The van der Waals surface area contributed by atoms with Crippen LogP contribution < -0.4 is 5.32 Å². The molecule has 1 atom stereocenters. The molecule has 1 fully saturated rings. The third-order valence-electron chi connectivity index (χ3n) is 3.20. The van der Waals surface area contributed by atoms with Gasteiger partial charge in [0.05, 0.1) is 7.11 Å². The molecular weight excluding hydrogens is 204 g/mol. The SMILES string of the molecule is COC(=O)C1(NC(C)C)CCCN(C)CC1. The molecule has 0 aromatic carbocycles. The van der Waals surface area contributed by atoms with E-state index in [1.165, 1.54) is 7.11 Å². The van der Waals surface area contributed by atoms with Crippen molar-refractivity contribution in [2.24, 2.45) is 0 Å². The van der Waals surface area contributed by atoms with Gasteiger partial charge in [0.15, 0.2) is 0 Å². The van der Waals surface area contributed by atoms with Crippen molar-refractivity contribution in [1.29, 1.82) is 0 Å². The van der Waals surface area contributed by atoms with Crippen LogP contribution >= 0.6 is 0 Å². The molecule has 1 rings (SSSR count). The van der Waals surface area contributed by atoms with Crippen LogP contribution in [-0.2, 0) is 9.53 Å². The Morgan fingerprint density at radius 2 is 2.06 bits per heavy atom. The van der Waals surface area contributed by atoms with Crippen LogP contribution in [0.25, 0.3) is 0 Å². The molecule has 0 bridgehead atoms. The molecule has 1 aliphatic heterocycles. The number of likely N-dealkylation sites (tertiary alicyclic amines) is 1. The van der Waals surface area contributed by atoms with Gasteiger partial charge in [0, 0.05) is 12.6 Å². The smallest absolute Gasteiger partial charge is 0.326 e. The number of esters is 1. The molecule has 0 amide bonds. The number of methoxy groups -OCH3 is 1. The van der Waals surface area contributed by atoms with Gasteiger partial charge in [0.25, 0.3) is 0 Å². The van der Waals surface area contributed by atoms with E-state index in [1.54, 1.807) is 0 Å². The van der Waals surface area contributed by atoms with E-state index in [-0.39, 0.29) is 5.97 Å². The molecule has 0 saturated carbocycles. The van der Waals surface area contributed by atoms with Gasteiger partial charge in [-0.25, -0.2) is 0 Å². The molecule has 16 heavy (non-hydrogen) atoms. The van der Waals surface area contributed by atoms with Crippen molar-refractivity contribution in [2.75, 3.05) is 27.2 Å². The van der Waals surface area contributed by atoms with Crippen molar-refractivity contribution in [3.8, 4) is 0 Å². The summed E-state index contributed by atoms with van der Waals surface area (Å²) in [5.41, 5.74) is -0.478. The molecule has 1 unspecified atom stereocenters. The lowest BCUT2D eigenvalue weighted by atomic mass is 9.89. The summed E-state index contributed by atoms with van der Waals surface area (Å²) >= 11 is 0. The van der Waals surface area contributed by atoms with Crippen LogP contribution in [0.5, 0.6) is 0 Å². The van der Waals surface area contributed by atoms with E-state index < -0.39 is 5.54 Å². The predicted octanol–water partition coefficient (Wildman–Crippen LogP) is 1.01. The quantitative estimate of drug-likeness (QED) is 0.732. The van der Waals surface area contributed by atoms with Gasteiger partial charge in [-0.3, -0.25) is 10.1 Å². The maximum atomic E-state index is 12.0. The van der Waals surface area contributed by atoms with Gasteiger partial charge >= 0.3 is 5.97 Å². The van der Waals surface area contributed by atoms with Gasteiger partial charge in [0.1, 0.15) is 5.54 Å². The maximum Gasteiger partial charge on any atom is 0.326 e. The first-order chi connectivity index (χ1) is 7.50. The van der Waals surface area contributed by atoms with Crippen molar-refractivity contribution < 1.29 is 9.53 Å². The van der Waals surface area contributed by atoms with Crippen molar-refractivity contribution >= 4 is 5.97 Å². The summed E-state index contributed by atoms with van der Waals surface area (Å²) in [4.78, 5) is 14.3. The minimum atomic E-state index is -0.478. The van der Waals surface area contributed by atoms with Crippen molar-refractivity contribution in [1.82, 2.24) is 10.2 Å². The van der Waals surface area contributed by atoms with E-state index in [9.17, 15) is 4.79 Å². The second kappa shape index (κ2) is 5.64. The minimum absolute atomic E-state index is 0.114. The number of ether oxygens (including phenoxy) is 1. The van der Waals surface area contributed by atoms with E-state index in [0.29, 0.717) is 6.04 Å². The molecule has 1 saturated heterocycles. The number of hydrogen-bond acceptors (Lipinski definition) is 4. The molecular formula is C12H24N2O2. The lowest BCUT2D eigenvalue weighted by Crippen LogP contribution is -2.55. The maximum absolute atomic E-state index is 12.0. The van der Waals surface area contributed by atoms with Gasteiger partial charge in [-0.1, -0.05) is 0 Å². The Kier molecular flexibility index (Phi) is 4.74. The van der Waals surface area contributed by atoms with Gasteiger partial charge in [-0.15, -0.1) is 0 Å². The average Bonchev–Trinajstić information content (AvgIpc) is 2.40. The van der Waals surface area contributed by atoms with E-state index in [4.69, 9.17) is 4.74 Å². The van der Waals surface area contributed by atoms with Crippen LogP contribution in [0.15, 0.2) is 0 Å². The third-order valence-corrected chi connectivity index (χ3v) is 3.20. The molecule has 1 aliphatic rings.